The molecule has 1 saturated carbocycles. The van der Waals surface area contributed by atoms with Gasteiger partial charge in [-0.2, -0.15) is 0 Å². The lowest BCUT2D eigenvalue weighted by molar-refractivity contribution is 0.168. The van der Waals surface area contributed by atoms with Crippen molar-refractivity contribution < 1.29 is 9.13 Å². The van der Waals surface area contributed by atoms with E-state index in [1.165, 1.54) is 34.2 Å². The Bertz CT molecular complexity index is 1110. The number of ether oxygens (including phenoxy) is 1. The SMILES string of the molecule is Fc1cc(Br)cc2c1C1Cc3cc(Br)ccc3N1C(c1ccc(C3CC3)s1)O2. The molecule has 3 heterocycles. The summed E-state index contributed by atoms with van der Waals surface area (Å²) in [6, 6.07) is 14.1. The third-order valence-electron chi connectivity index (χ3n) is 5.82. The van der Waals surface area contributed by atoms with Crippen molar-refractivity contribution in [2.45, 2.75) is 37.5 Å². The summed E-state index contributed by atoms with van der Waals surface area (Å²) in [7, 11) is 0. The van der Waals surface area contributed by atoms with Crippen molar-refractivity contribution in [3.05, 3.63) is 78.1 Å². The molecule has 3 aromatic rings. The van der Waals surface area contributed by atoms with Gasteiger partial charge in [-0.3, -0.25) is 0 Å². The van der Waals surface area contributed by atoms with Gasteiger partial charge in [-0.05, 0) is 73.2 Å². The van der Waals surface area contributed by atoms with Crippen molar-refractivity contribution in [3.8, 4) is 5.75 Å². The number of anilines is 1. The Kier molecular flexibility index (Phi) is 3.94. The van der Waals surface area contributed by atoms with Crippen LogP contribution in [0.15, 0.2) is 51.4 Å². The van der Waals surface area contributed by atoms with E-state index in [-0.39, 0.29) is 18.1 Å². The Balaban J connectivity index is 1.52. The molecule has 0 saturated heterocycles. The lowest BCUT2D eigenvalue weighted by Crippen LogP contribution is -2.37. The maximum atomic E-state index is 15.0. The number of halogens is 3. The molecule has 0 N–H and O–H groups in total. The van der Waals surface area contributed by atoms with E-state index in [4.69, 9.17) is 4.74 Å². The molecule has 0 amide bonds. The molecule has 3 aliphatic rings. The van der Waals surface area contributed by atoms with Gasteiger partial charge < -0.3 is 9.64 Å². The molecule has 2 nitrogen and oxygen atoms in total. The predicted molar refractivity (Wildman–Crippen MR) is 117 cm³/mol. The third-order valence-corrected chi connectivity index (χ3v) is 8.05. The quantitative estimate of drug-likeness (QED) is 0.347. The number of benzene rings is 2. The van der Waals surface area contributed by atoms with Crippen LogP contribution in [0.2, 0.25) is 0 Å². The smallest absolute Gasteiger partial charge is 0.208 e. The Hall–Kier alpha value is -1.37. The average molecular weight is 521 g/mol. The number of hydrogen-bond acceptors (Lipinski definition) is 3. The van der Waals surface area contributed by atoms with E-state index < -0.39 is 0 Å². The van der Waals surface area contributed by atoms with Gasteiger partial charge in [0.2, 0.25) is 6.23 Å². The second-order valence-electron chi connectivity index (χ2n) is 7.68. The van der Waals surface area contributed by atoms with Crippen molar-refractivity contribution in [1.82, 2.24) is 0 Å². The first-order valence-electron chi connectivity index (χ1n) is 9.40. The largest absolute Gasteiger partial charge is 0.465 e. The van der Waals surface area contributed by atoms with Crippen molar-refractivity contribution in [2.24, 2.45) is 0 Å². The molecule has 1 aliphatic carbocycles. The van der Waals surface area contributed by atoms with Crippen molar-refractivity contribution in [3.63, 3.8) is 0 Å². The topological polar surface area (TPSA) is 12.5 Å². The molecule has 6 heteroatoms. The van der Waals surface area contributed by atoms with Gasteiger partial charge in [0.25, 0.3) is 0 Å². The number of thiophene rings is 1. The third kappa shape index (κ3) is 2.68. The summed E-state index contributed by atoms with van der Waals surface area (Å²) < 4.78 is 23.2. The maximum Gasteiger partial charge on any atom is 0.208 e. The van der Waals surface area contributed by atoms with Gasteiger partial charge in [0.15, 0.2) is 0 Å². The van der Waals surface area contributed by atoms with Crippen molar-refractivity contribution >= 4 is 48.9 Å². The normalized spacial score (nSPS) is 22.5. The van der Waals surface area contributed by atoms with Gasteiger partial charge >= 0.3 is 0 Å². The highest BCUT2D eigenvalue weighted by molar-refractivity contribution is 9.10. The fraction of sp³-hybridized carbons (Fsp3) is 0.273. The zero-order valence-electron chi connectivity index (χ0n) is 14.8. The van der Waals surface area contributed by atoms with E-state index >= 15 is 0 Å². The first-order valence-corrected chi connectivity index (χ1v) is 11.8. The maximum absolute atomic E-state index is 15.0. The Morgan fingerprint density at radius 2 is 1.82 bits per heavy atom. The van der Waals surface area contributed by atoms with E-state index in [9.17, 15) is 4.39 Å². The number of hydrogen-bond donors (Lipinski definition) is 0. The van der Waals surface area contributed by atoms with Gasteiger partial charge in [0, 0.05) is 19.5 Å². The molecule has 2 atom stereocenters. The van der Waals surface area contributed by atoms with Crippen LogP contribution in [0.5, 0.6) is 5.75 Å². The molecular weight excluding hydrogens is 505 g/mol. The first kappa shape index (κ1) is 17.5. The highest BCUT2D eigenvalue weighted by Gasteiger charge is 2.44. The highest BCUT2D eigenvalue weighted by Crippen LogP contribution is 2.54. The number of rotatable bonds is 2. The van der Waals surface area contributed by atoms with Crippen LogP contribution in [0, 0.1) is 5.82 Å². The number of nitrogens with zero attached hydrogens (tertiary/aromatic N) is 1. The summed E-state index contributed by atoms with van der Waals surface area (Å²) in [5.74, 6) is 1.15. The van der Waals surface area contributed by atoms with E-state index in [0.717, 1.165) is 22.5 Å². The minimum absolute atomic E-state index is 0.0578. The minimum Gasteiger partial charge on any atom is -0.465 e. The van der Waals surface area contributed by atoms with Crippen LogP contribution in [0.1, 0.15) is 51.9 Å². The Morgan fingerprint density at radius 3 is 2.64 bits per heavy atom. The fourth-order valence-electron chi connectivity index (χ4n) is 4.42. The average Bonchev–Trinajstić information content (AvgIpc) is 3.26. The summed E-state index contributed by atoms with van der Waals surface area (Å²) in [6.07, 6.45) is 3.12. The van der Waals surface area contributed by atoms with Gasteiger partial charge in [-0.15, -0.1) is 11.3 Å². The standard InChI is InChI=1S/C22H16Br2FNOS/c23-13-3-4-16-12(7-13)8-17-21-15(25)9-14(24)10-18(21)27-22(26(16)17)20-6-5-19(28-20)11-1-2-11/h3-7,9-11,17,22H,1-2,8H2. The second-order valence-corrected chi connectivity index (χ2v) is 10.7. The number of fused-ring (bicyclic) bond motifs is 5. The van der Waals surface area contributed by atoms with Gasteiger partial charge in [0.05, 0.1) is 16.5 Å². The van der Waals surface area contributed by atoms with Crippen LogP contribution < -0.4 is 9.64 Å². The van der Waals surface area contributed by atoms with Crippen LogP contribution in [-0.4, -0.2) is 0 Å². The van der Waals surface area contributed by atoms with Crippen LogP contribution in [-0.2, 0) is 6.42 Å². The zero-order chi connectivity index (χ0) is 19.0. The van der Waals surface area contributed by atoms with Gasteiger partial charge in [-0.25, -0.2) is 4.39 Å². The summed E-state index contributed by atoms with van der Waals surface area (Å²) in [5.41, 5.74) is 3.01. The summed E-state index contributed by atoms with van der Waals surface area (Å²) >= 11 is 8.84. The molecule has 0 spiro atoms. The second kappa shape index (κ2) is 6.31. The molecule has 0 radical (unpaired) electrons. The Morgan fingerprint density at radius 1 is 1.00 bits per heavy atom. The Labute approximate surface area is 183 Å². The molecule has 2 unspecified atom stereocenters. The van der Waals surface area contributed by atoms with Crippen LogP contribution in [0.3, 0.4) is 0 Å². The molecule has 1 aromatic heterocycles. The molecule has 1 fully saturated rings. The molecule has 28 heavy (non-hydrogen) atoms. The molecule has 2 aromatic carbocycles. The minimum atomic E-state index is -0.230. The molecule has 2 aliphatic heterocycles. The molecule has 6 rings (SSSR count). The summed E-state index contributed by atoms with van der Waals surface area (Å²) in [4.78, 5) is 4.90. The fourth-order valence-corrected chi connectivity index (χ4v) is 6.44. The predicted octanol–water partition coefficient (Wildman–Crippen LogP) is 7.48. The molecule has 0 bridgehead atoms. The lowest BCUT2D eigenvalue weighted by Gasteiger charge is -2.40. The monoisotopic (exact) mass is 519 g/mol. The lowest BCUT2D eigenvalue weighted by atomic mass is 9.99. The highest BCUT2D eigenvalue weighted by atomic mass is 79.9. The van der Waals surface area contributed by atoms with Gasteiger partial charge in [0.1, 0.15) is 11.6 Å². The van der Waals surface area contributed by atoms with Crippen LogP contribution >= 0.6 is 43.2 Å². The van der Waals surface area contributed by atoms with Crippen LogP contribution in [0.25, 0.3) is 0 Å². The first-order chi connectivity index (χ1) is 13.6. The van der Waals surface area contributed by atoms with E-state index in [1.54, 1.807) is 0 Å². The summed E-state index contributed by atoms with van der Waals surface area (Å²) in [6.45, 7) is 0. The van der Waals surface area contributed by atoms with E-state index in [0.29, 0.717) is 15.8 Å². The molecular formula is C22H16Br2FNOS. The zero-order valence-corrected chi connectivity index (χ0v) is 18.8. The molecule has 142 valence electrons. The summed E-state index contributed by atoms with van der Waals surface area (Å²) in [5, 5.41) is 0. The van der Waals surface area contributed by atoms with Crippen molar-refractivity contribution in [1.29, 1.82) is 0 Å². The van der Waals surface area contributed by atoms with Crippen LogP contribution in [0.4, 0.5) is 10.1 Å². The van der Waals surface area contributed by atoms with E-state index in [1.807, 2.05) is 17.4 Å². The van der Waals surface area contributed by atoms with Crippen molar-refractivity contribution in [2.75, 3.05) is 4.90 Å². The van der Waals surface area contributed by atoms with E-state index in [2.05, 4.69) is 67.1 Å². The van der Waals surface area contributed by atoms with Gasteiger partial charge in [-0.1, -0.05) is 31.9 Å².